The predicted molar refractivity (Wildman–Crippen MR) is 136 cm³/mol. The number of anilines is 3. The highest BCUT2D eigenvalue weighted by Crippen LogP contribution is 2.47. The van der Waals surface area contributed by atoms with Crippen LogP contribution in [0.2, 0.25) is 10.0 Å². The largest absolute Gasteiger partial charge is 0.495 e. The molecule has 12 nitrogen and oxygen atoms in total. The number of halogens is 2. The van der Waals surface area contributed by atoms with Crippen LogP contribution in [-0.4, -0.2) is 62.2 Å². The number of Topliss-reactive ketones (excluding diaryl/α,β-unsaturated/α-hetero) is 1. The molecule has 0 unspecified atom stereocenters. The lowest BCUT2D eigenvalue weighted by atomic mass is 10.1. The zero-order chi connectivity index (χ0) is 26.9. The highest BCUT2D eigenvalue weighted by molar-refractivity contribution is 6.42. The lowest BCUT2D eigenvalue weighted by Crippen LogP contribution is -2.46. The van der Waals surface area contributed by atoms with Crippen molar-refractivity contribution in [3.8, 4) is 11.5 Å². The highest BCUT2D eigenvalue weighted by Gasteiger charge is 2.35. The number of aromatic nitrogens is 2. The summed E-state index contributed by atoms with van der Waals surface area (Å²) in [6, 6.07) is 1.05. The average Bonchev–Trinajstić information content (AvgIpc) is 2.89. The van der Waals surface area contributed by atoms with Crippen LogP contribution < -0.4 is 29.9 Å². The second-order valence-electron chi connectivity index (χ2n) is 7.82. The van der Waals surface area contributed by atoms with Gasteiger partial charge in [0.05, 0.1) is 38.8 Å². The maximum Gasteiger partial charge on any atom is 0.330 e. The van der Waals surface area contributed by atoms with Gasteiger partial charge >= 0.3 is 6.03 Å². The van der Waals surface area contributed by atoms with E-state index in [1.54, 1.807) is 0 Å². The molecular weight excluding hydrogens is 527 g/mol. The number of nitrogens with zero attached hydrogens (tertiary/aromatic N) is 4. The first-order valence-corrected chi connectivity index (χ1v) is 11.5. The molecule has 2 aromatic rings. The monoisotopic (exact) mass is 548 g/mol. The van der Waals surface area contributed by atoms with Gasteiger partial charge in [-0.2, -0.15) is 4.98 Å². The molecule has 37 heavy (non-hydrogen) atoms. The number of nitrogens with one attached hydrogen (secondary N) is 2. The number of rotatable bonds is 7. The van der Waals surface area contributed by atoms with Crippen LogP contribution in [0.15, 0.2) is 36.3 Å². The molecule has 0 saturated heterocycles. The van der Waals surface area contributed by atoms with Crippen molar-refractivity contribution in [2.75, 3.05) is 49.6 Å². The quantitative estimate of drug-likeness (QED) is 0.500. The summed E-state index contributed by atoms with van der Waals surface area (Å²) in [6.45, 7) is 3.26. The summed E-state index contributed by atoms with van der Waals surface area (Å²) in [7, 11) is 4.40. The zero-order valence-corrected chi connectivity index (χ0v) is 21.6. The van der Waals surface area contributed by atoms with Crippen molar-refractivity contribution < 1.29 is 28.6 Å². The molecule has 4 rings (SSSR count). The lowest BCUT2D eigenvalue weighted by molar-refractivity contribution is -0.121. The van der Waals surface area contributed by atoms with Crippen molar-refractivity contribution in [1.82, 2.24) is 15.3 Å². The maximum absolute atomic E-state index is 13.4. The third kappa shape index (κ3) is 4.90. The molecule has 0 spiro atoms. The van der Waals surface area contributed by atoms with Crippen LogP contribution in [0, 0.1) is 0 Å². The first-order chi connectivity index (χ1) is 17.7. The van der Waals surface area contributed by atoms with Gasteiger partial charge in [0, 0.05) is 24.9 Å². The summed E-state index contributed by atoms with van der Waals surface area (Å²) in [6.07, 6.45) is 2.58. The molecule has 0 saturated carbocycles. The van der Waals surface area contributed by atoms with Gasteiger partial charge in [0.15, 0.2) is 0 Å². The minimum absolute atomic E-state index is 0.00252. The second kappa shape index (κ2) is 10.6. The Morgan fingerprint density at radius 3 is 2.49 bits per heavy atom. The van der Waals surface area contributed by atoms with Gasteiger partial charge in [-0.15, -0.1) is 0 Å². The minimum atomic E-state index is -0.504. The lowest BCUT2D eigenvalue weighted by Gasteiger charge is -2.35. The number of methoxy groups -OCH3 is 2. The minimum Gasteiger partial charge on any atom is -0.495 e. The Hall–Kier alpha value is -3.87. The molecule has 3 heterocycles. The van der Waals surface area contributed by atoms with E-state index >= 15 is 0 Å². The van der Waals surface area contributed by atoms with Crippen LogP contribution in [-0.2, 0) is 20.9 Å². The fourth-order valence-electron chi connectivity index (χ4n) is 3.77. The number of ketones is 1. The normalized spacial score (nSPS) is 15.4. The van der Waals surface area contributed by atoms with Crippen LogP contribution in [0.3, 0.4) is 0 Å². The highest BCUT2D eigenvalue weighted by atomic mass is 35.5. The topological polar surface area (TPSA) is 135 Å². The molecule has 14 heteroatoms. The van der Waals surface area contributed by atoms with Gasteiger partial charge in [0.2, 0.25) is 17.6 Å². The van der Waals surface area contributed by atoms with Crippen molar-refractivity contribution in [2.24, 2.45) is 0 Å². The molecule has 2 aliphatic rings. The summed E-state index contributed by atoms with van der Waals surface area (Å²) in [5.41, 5.74) is 1.09. The number of hydrogen-bond donors (Lipinski definition) is 2. The molecule has 1 aromatic heterocycles. The summed E-state index contributed by atoms with van der Waals surface area (Å²) < 4.78 is 15.8. The third-order valence-electron chi connectivity index (χ3n) is 5.58. The molecule has 0 atom stereocenters. The Labute approximate surface area is 221 Å². The van der Waals surface area contributed by atoms with E-state index in [9.17, 15) is 14.4 Å². The molecule has 0 aliphatic carbocycles. The van der Waals surface area contributed by atoms with E-state index in [1.165, 1.54) is 43.3 Å². The molecule has 2 N–H and O–H groups in total. The number of carbonyl (C=O) groups is 3. The van der Waals surface area contributed by atoms with E-state index in [4.69, 9.17) is 37.4 Å². The van der Waals surface area contributed by atoms with Gasteiger partial charge in [0.25, 0.3) is 0 Å². The van der Waals surface area contributed by atoms with E-state index in [-0.39, 0.29) is 64.3 Å². The molecule has 0 bridgehead atoms. The van der Waals surface area contributed by atoms with Gasteiger partial charge in [-0.3, -0.25) is 19.4 Å². The summed E-state index contributed by atoms with van der Waals surface area (Å²) in [4.78, 5) is 49.0. The zero-order valence-electron chi connectivity index (χ0n) is 20.1. The van der Waals surface area contributed by atoms with E-state index in [2.05, 4.69) is 27.2 Å². The molecule has 194 valence electrons. The van der Waals surface area contributed by atoms with Crippen LogP contribution in [0.4, 0.5) is 22.2 Å². The SMILES string of the molecule is C=CC(=O)NC1=C(Nc2ncc3c(n2)N(C)C(=O)N(c2c(Cl)c(OC)cc(OC)c2Cl)C3)C(=O)COC1. The Kier molecular flexibility index (Phi) is 7.52. The number of hydrogen-bond acceptors (Lipinski definition) is 9. The van der Waals surface area contributed by atoms with Crippen molar-refractivity contribution in [3.63, 3.8) is 0 Å². The smallest absolute Gasteiger partial charge is 0.330 e. The predicted octanol–water partition coefficient (Wildman–Crippen LogP) is 2.90. The molecular formula is C23H22Cl2N6O6. The van der Waals surface area contributed by atoms with Crippen molar-refractivity contribution in [3.05, 3.63) is 51.9 Å². The van der Waals surface area contributed by atoms with Gasteiger partial charge in [0.1, 0.15) is 39.7 Å². The molecule has 2 aliphatic heterocycles. The average molecular weight is 549 g/mol. The number of benzene rings is 1. The van der Waals surface area contributed by atoms with Gasteiger partial charge in [-0.25, -0.2) is 9.78 Å². The molecule has 0 fully saturated rings. The number of urea groups is 1. The van der Waals surface area contributed by atoms with E-state index < -0.39 is 17.7 Å². The van der Waals surface area contributed by atoms with Crippen LogP contribution >= 0.6 is 23.2 Å². The fraction of sp³-hybridized carbons (Fsp3) is 0.261. The first-order valence-electron chi connectivity index (χ1n) is 10.8. The van der Waals surface area contributed by atoms with Crippen LogP contribution in [0.25, 0.3) is 0 Å². The second-order valence-corrected chi connectivity index (χ2v) is 8.57. The molecule has 3 amide bonds. The number of ether oxygens (including phenoxy) is 3. The van der Waals surface area contributed by atoms with E-state index in [0.29, 0.717) is 11.4 Å². The Balaban J connectivity index is 1.69. The molecule has 1 aromatic carbocycles. The summed E-state index contributed by atoms with van der Waals surface area (Å²) in [5.74, 6) is 0.00122. The number of amides is 3. The van der Waals surface area contributed by atoms with E-state index in [0.717, 1.165) is 6.08 Å². The Morgan fingerprint density at radius 2 is 1.86 bits per heavy atom. The maximum atomic E-state index is 13.4. The molecule has 0 radical (unpaired) electrons. The number of fused-ring (bicyclic) bond motifs is 1. The third-order valence-corrected chi connectivity index (χ3v) is 6.31. The van der Waals surface area contributed by atoms with Crippen molar-refractivity contribution in [2.45, 2.75) is 6.54 Å². The Morgan fingerprint density at radius 1 is 1.19 bits per heavy atom. The summed E-state index contributed by atoms with van der Waals surface area (Å²) >= 11 is 13.0. The van der Waals surface area contributed by atoms with Gasteiger partial charge in [-0.05, 0) is 6.08 Å². The van der Waals surface area contributed by atoms with Crippen molar-refractivity contribution >= 4 is 58.4 Å². The summed E-state index contributed by atoms with van der Waals surface area (Å²) in [5, 5.41) is 5.65. The van der Waals surface area contributed by atoms with E-state index in [1.807, 2.05) is 0 Å². The van der Waals surface area contributed by atoms with Gasteiger partial charge < -0.3 is 24.8 Å². The fourth-order valence-corrected chi connectivity index (χ4v) is 4.47. The number of carbonyl (C=O) groups excluding carboxylic acids is 3. The van der Waals surface area contributed by atoms with Crippen molar-refractivity contribution in [1.29, 1.82) is 0 Å². The van der Waals surface area contributed by atoms with Crippen LogP contribution in [0.5, 0.6) is 11.5 Å². The first kappa shape index (κ1) is 26.2. The standard InChI is InChI=1S/C23H22Cl2N6O6/c1-5-16(33)27-12-9-37-10-13(32)19(12)28-22-26-7-11-8-31(23(34)30(2)21(11)29-22)20-17(24)14(35-3)6-15(36-4)18(20)25/h5-7H,1,8-10H2,2-4H3,(H,27,33)(H,26,28,29). The van der Waals surface area contributed by atoms with Gasteiger partial charge in [-0.1, -0.05) is 29.8 Å². The van der Waals surface area contributed by atoms with Crippen LogP contribution in [0.1, 0.15) is 5.56 Å². The Bertz CT molecular complexity index is 1320.